The van der Waals surface area contributed by atoms with Gasteiger partial charge >= 0.3 is 5.97 Å². The highest BCUT2D eigenvalue weighted by Crippen LogP contribution is 2.23. The van der Waals surface area contributed by atoms with E-state index >= 15 is 0 Å². The fraction of sp³-hybridized carbons (Fsp3) is 0.263. The van der Waals surface area contributed by atoms with E-state index in [1.807, 2.05) is 0 Å². The summed E-state index contributed by atoms with van der Waals surface area (Å²) >= 11 is 6.01. The summed E-state index contributed by atoms with van der Waals surface area (Å²) in [6.45, 7) is 3.26. The molecule has 132 valence electrons. The molecule has 0 saturated carbocycles. The molecular formula is C19H19ClFNO3. The highest BCUT2D eigenvalue weighted by atomic mass is 35.5. The number of carbonyl (C=O) groups is 2. The normalized spacial score (nSPS) is 11.7. The number of benzene rings is 2. The molecule has 2 rings (SSSR count). The average molecular weight is 364 g/mol. The minimum Gasteiger partial charge on any atom is -0.453 e. The van der Waals surface area contributed by atoms with Gasteiger partial charge in [0.1, 0.15) is 5.82 Å². The van der Waals surface area contributed by atoms with Crippen molar-refractivity contribution < 1.29 is 18.7 Å². The minimum atomic E-state index is -0.966. The molecule has 1 amide bonds. The van der Waals surface area contributed by atoms with Crippen molar-refractivity contribution in [3.8, 4) is 0 Å². The molecule has 2 aromatic carbocycles. The Balaban J connectivity index is 1.87. The quantitative estimate of drug-likeness (QED) is 0.779. The smallest absolute Gasteiger partial charge is 0.306 e. The molecule has 0 heterocycles. The molecule has 0 spiro atoms. The molecular weight excluding hydrogens is 345 g/mol. The van der Waals surface area contributed by atoms with Crippen LogP contribution in [0, 0.1) is 12.7 Å². The van der Waals surface area contributed by atoms with E-state index in [9.17, 15) is 14.0 Å². The number of nitrogens with one attached hydrogen (secondary N) is 1. The van der Waals surface area contributed by atoms with Crippen molar-refractivity contribution in [1.82, 2.24) is 0 Å². The Bertz CT molecular complexity index is 779. The maximum absolute atomic E-state index is 13.5. The number of ether oxygens (including phenoxy) is 1. The molecule has 1 N–H and O–H groups in total. The van der Waals surface area contributed by atoms with Gasteiger partial charge in [-0.2, -0.15) is 0 Å². The van der Waals surface area contributed by atoms with Crippen molar-refractivity contribution in [1.29, 1.82) is 0 Å². The van der Waals surface area contributed by atoms with Crippen LogP contribution in [-0.4, -0.2) is 18.0 Å². The number of anilines is 1. The summed E-state index contributed by atoms with van der Waals surface area (Å²) in [4.78, 5) is 24.0. The molecule has 0 saturated heterocycles. The summed E-state index contributed by atoms with van der Waals surface area (Å²) in [5.74, 6) is -1.38. The highest BCUT2D eigenvalue weighted by Gasteiger charge is 2.19. The summed E-state index contributed by atoms with van der Waals surface area (Å²) in [6.07, 6.45) is -0.756. The molecule has 25 heavy (non-hydrogen) atoms. The molecule has 0 fully saturated rings. The van der Waals surface area contributed by atoms with Gasteiger partial charge in [-0.3, -0.25) is 9.59 Å². The summed E-state index contributed by atoms with van der Waals surface area (Å²) in [7, 11) is 0. The molecule has 0 aliphatic heterocycles. The van der Waals surface area contributed by atoms with Crippen LogP contribution < -0.4 is 5.32 Å². The summed E-state index contributed by atoms with van der Waals surface area (Å²) in [5, 5.41) is 3.21. The molecule has 0 unspecified atom stereocenters. The number of carbonyl (C=O) groups excluding carboxylic acids is 2. The Morgan fingerprint density at radius 1 is 1.20 bits per heavy atom. The Kier molecular flexibility index (Phi) is 6.53. The van der Waals surface area contributed by atoms with Gasteiger partial charge in [0, 0.05) is 17.1 Å². The second kappa shape index (κ2) is 8.62. The Hall–Kier alpha value is -2.40. The number of aryl methyl sites for hydroxylation is 1. The third-order valence-electron chi connectivity index (χ3n) is 3.76. The van der Waals surface area contributed by atoms with E-state index in [0.29, 0.717) is 16.3 Å². The largest absolute Gasteiger partial charge is 0.453 e. The Morgan fingerprint density at radius 3 is 2.64 bits per heavy atom. The second-order valence-corrected chi connectivity index (χ2v) is 6.03. The van der Waals surface area contributed by atoms with Crippen LogP contribution in [0.15, 0.2) is 42.5 Å². The number of esters is 1. The average Bonchev–Trinajstić information content (AvgIpc) is 2.58. The van der Waals surface area contributed by atoms with Crippen molar-refractivity contribution in [3.63, 3.8) is 0 Å². The van der Waals surface area contributed by atoms with Crippen molar-refractivity contribution in [3.05, 3.63) is 64.4 Å². The molecule has 0 bridgehead atoms. The zero-order valence-electron chi connectivity index (χ0n) is 14.0. The van der Waals surface area contributed by atoms with Crippen LogP contribution in [0.5, 0.6) is 0 Å². The van der Waals surface area contributed by atoms with Gasteiger partial charge in [-0.25, -0.2) is 4.39 Å². The fourth-order valence-corrected chi connectivity index (χ4v) is 2.40. The van der Waals surface area contributed by atoms with Gasteiger partial charge in [0.15, 0.2) is 6.10 Å². The molecule has 4 nitrogen and oxygen atoms in total. The lowest BCUT2D eigenvalue weighted by molar-refractivity contribution is -0.153. The Morgan fingerprint density at radius 2 is 1.92 bits per heavy atom. The first-order chi connectivity index (χ1) is 11.9. The van der Waals surface area contributed by atoms with Gasteiger partial charge < -0.3 is 10.1 Å². The molecule has 0 aliphatic rings. The number of halogens is 2. The third kappa shape index (κ3) is 5.29. The van der Waals surface area contributed by atoms with Gasteiger partial charge in [-0.15, -0.1) is 0 Å². The monoisotopic (exact) mass is 363 g/mol. The van der Waals surface area contributed by atoms with Crippen LogP contribution in [0.25, 0.3) is 0 Å². The van der Waals surface area contributed by atoms with Crippen LogP contribution in [0.3, 0.4) is 0 Å². The molecule has 2 aromatic rings. The maximum Gasteiger partial charge on any atom is 0.306 e. The first-order valence-electron chi connectivity index (χ1n) is 7.87. The molecule has 0 radical (unpaired) electrons. The van der Waals surface area contributed by atoms with Crippen molar-refractivity contribution >= 4 is 29.2 Å². The van der Waals surface area contributed by atoms with Crippen LogP contribution in [-0.2, 0) is 20.7 Å². The predicted octanol–water partition coefficient (Wildman–Crippen LogP) is 4.29. The van der Waals surface area contributed by atoms with Gasteiger partial charge in [0.25, 0.3) is 5.91 Å². The van der Waals surface area contributed by atoms with E-state index in [1.54, 1.807) is 43.3 Å². The van der Waals surface area contributed by atoms with E-state index in [4.69, 9.17) is 16.3 Å². The standard InChI is InChI=1S/C19H19ClFNO3/c1-12-15(20)7-5-9-17(12)22-19(24)13(2)25-18(23)11-10-14-6-3-4-8-16(14)21/h3-9,13H,10-11H2,1-2H3,(H,22,24)/t13-/m0/s1. The third-order valence-corrected chi connectivity index (χ3v) is 4.17. The zero-order chi connectivity index (χ0) is 18.4. The van der Waals surface area contributed by atoms with Gasteiger partial charge in [-0.05, 0) is 49.6 Å². The molecule has 1 atom stereocenters. The minimum absolute atomic E-state index is 0.00521. The molecule has 6 heteroatoms. The summed E-state index contributed by atoms with van der Waals surface area (Å²) in [5.41, 5.74) is 1.73. The molecule has 0 aromatic heterocycles. The van der Waals surface area contributed by atoms with E-state index < -0.39 is 18.0 Å². The van der Waals surface area contributed by atoms with Crippen LogP contribution in [0.4, 0.5) is 10.1 Å². The van der Waals surface area contributed by atoms with Crippen molar-refractivity contribution in [2.24, 2.45) is 0 Å². The van der Waals surface area contributed by atoms with Crippen molar-refractivity contribution in [2.75, 3.05) is 5.32 Å². The van der Waals surface area contributed by atoms with E-state index in [0.717, 1.165) is 5.56 Å². The second-order valence-electron chi connectivity index (χ2n) is 5.63. The highest BCUT2D eigenvalue weighted by molar-refractivity contribution is 6.31. The number of rotatable bonds is 6. The lowest BCUT2D eigenvalue weighted by atomic mass is 10.1. The zero-order valence-corrected chi connectivity index (χ0v) is 14.8. The first kappa shape index (κ1) is 18.9. The van der Waals surface area contributed by atoms with Crippen LogP contribution >= 0.6 is 11.6 Å². The van der Waals surface area contributed by atoms with Gasteiger partial charge in [0.2, 0.25) is 0 Å². The number of hydrogen-bond donors (Lipinski definition) is 1. The Labute approximate surface area is 150 Å². The van der Waals surface area contributed by atoms with Crippen LogP contribution in [0.1, 0.15) is 24.5 Å². The predicted molar refractivity (Wildman–Crippen MR) is 95.1 cm³/mol. The van der Waals surface area contributed by atoms with Crippen molar-refractivity contribution in [2.45, 2.75) is 32.8 Å². The molecule has 0 aliphatic carbocycles. The van der Waals surface area contributed by atoms with Gasteiger partial charge in [-0.1, -0.05) is 35.9 Å². The maximum atomic E-state index is 13.5. The lowest BCUT2D eigenvalue weighted by Gasteiger charge is -2.15. The van der Waals surface area contributed by atoms with E-state index in [2.05, 4.69) is 5.32 Å². The summed E-state index contributed by atoms with van der Waals surface area (Å²) in [6, 6.07) is 11.4. The van der Waals surface area contributed by atoms with Gasteiger partial charge in [0.05, 0.1) is 0 Å². The SMILES string of the molecule is Cc1c(Cl)cccc1NC(=O)[C@H](C)OC(=O)CCc1ccccc1F. The number of hydrogen-bond acceptors (Lipinski definition) is 3. The van der Waals surface area contributed by atoms with Crippen LogP contribution in [0.2, 0.25) is 5.02 Å². The van der Waals surface area contributed by atoms with E-state index in [-0.39, 0.29) is 18.7 Å². The topological polar surface area (TPSA) is 55.4 Å². The number of amides is 1. The van der Waals surface area contributed by atoms with E-state index in [1.165, 1.54) is 13.0 Å². The first-order valence-corrected chi connectivity index (χ1v) is 8.25. The lowest BCUT2D eigenvalue weighted by Crippen LogP contribution is -2.30. The fourth-order valence-electron chi connectivity index (χ4n) is 2.22. The summed E-state index contributed by atoms with van der Waals surface area (Å²) < 4.78 is 18.6.